The van der Waals surface area contributed by atoms with Crippen molar-refractivity contribution in [1.29, 1.82) is 0 Å². The van der Waals surface area contributed by atoms with Crippen molar-refractivity contribution >= 4 is 16.2 Å². The molecule has 0 atom stereocenters. The number of carbonyl (C=O) groups excluding carboxylic acids is 1. The third-order valence-corrected chi connectivity index (χ3v) is 3.88. The van der Waals surface area contributed by atoms with Gasteiger partial charge < -0.3 is 10.2 Å². The molecule has 2 amide bonds. The number of hydrogen-bond donors (Lipinski definition) is 2. The lowest BCUT2D eigenvalue weighted by atomic mass is 10.4. The van der Waals surface area contributed by atoms with Gasteiger partial charge in [0.1, 0.15) is 0 Å². The van der Waals surface area contributed by atoms with Crippen LogP contribution < -0.4 is 10.5 Å². The Hall–Kier alpha value is -0.860. The Morgan fingerprint density at radius 2 is 1.75 bits per heavy atom. The molecule has 92 valence electrons. The molecule has 1 aliphatic carbocycles. The number of rotatable bonds is 2. The maximum Gasteiger partial charge on any atom is 0.317 e. The summed E-state index contributed by atoms with van der Waals surface area (Å²) in [6, 6.07) is 0.223. The predicted molar refractivity (Wildman–Crippen MR) is 57.8 cm³/mol. The zero-order valence-corrected chi connectivity index (χ0v) is 9.74. The van der Waals surface area contributed by atoms with E-state index >= 15 is 0 Å². The summed E-state index contributed by atoms with van der Waals surface area (Å²) in [7, 11) is -3.61. The Morgan fingerprint density at radius 3 is 2.19 bits per heavy atom. The largest absolute Gasteiger partial charge is 0.335 e. The van der Waals surface area contributed by atoms with Crippen molar-refractivity contribution in [2.24, 2.45) is 5.14 Å². The van der Waals surface area contributed by atoms with E-state index in [2.05, 4.69) is 5.32 Å². The van der Waals surface area contributed by atoms with E-state index in [1.807, 2.05) is 0 Å². The Balaban J connectivity index is 1.82. The van der Waals surface area contributed by atoms with Crippen molar-refractivity contribution in [2.45, 2.75) is 18.9 Å². The standard InChI is InChI=1S/C8H16N4O3S/c9-16(14,15)12-5-3-11(4-6-12)8(13)10-7-1-2-7/h7H,1-6H2,(H,10,13)(H2,9,14,15). The van der Waals surface area contributed by atoms with Crippen LogP contribution in [0.1, 0.15) is 12.8 Å². The zero-order valence-electron chi connectivity index (χ0n) is 8.92. The molecule has 1 heterocycles. The van der Waals surface area contributed by atoms with Gasteiger partial charge in [-0.25, -0.2) is 9.93 Å². The molecule has 0 unspecified atom stereocenters. The second-order valence-corrected chi connectivity index (χ2v) is 5.70. The van der Waals surface area contributed by atoms with Crippen molar-refractivity contribution in [3.05, 3.63) is 0 Å². The third-order valence-electron chi connectivity index (χ3n) is 2.79. The Morgan fingerprint density at radius 1 is 1.19 bits per heavy atom. The average Bonchev–Trinajstić information content (AvgIpc) is 3.00. The molecular formula is C8H16N4O3S. The molecule has 16 heavy (non-hydrogen) atoms. The van der Waals surface area contributed by atoms with Crippen LogP contribution in [0.4, 0.5) is 4.79 Å². The van der Waals surface area contributed by atoms with Crippen LogP contribution in [-0.4, -0.2) is 55.9 Å². The first kappa shape index (κ1) is 11.6. The summed E-state index contributed by atoms with van der Waals surface area (Å²) >= 11 is 0. The second-order valence-electron chi connectivity index (χ2n) is 4.15. The van der Waals surface area contributed by atoms with Gasteiger partial charge in [0, 0.05) is 32.2 Å². The van der Waals surface area contributed by atoms with Crippen LogP contribution in [0.3, 0.4) is 0 Å². The molecule has 2 fully saturated rings. The van der Waals surface area contributed by atoms with E-state index in [1.54, 1.807) is 4.90 Å². The lowest BCUT2D eigenvalue weighted by Crippen LogP contribution is -2.54. The van der Waals surface area contributed by atoms with Crippen molar-refractivity contribution in [2.75, 3.05) is 26.2 Å². The molecule has 1 aliphatic heterocycles. The lowest BCUT2D eigenvalue weighted by molar-refractivity contribution is 0.172. The molecule has 0 spiro atoms. The van der Waals surface area contributed by atoms with Crippen LogP contribution in [0.15, 0.2) is 0 Å². The van der Waals surface area contributed by atoms with E-state index in [-0.39, 0.29) is 19.1 Å². The molecule has 1 saturated heterocycles. The van der Waals surface area contributed by atoms with Gasteiger partial charge in [-0.15, -0.1) is 0 Å². The van der Waals surface area contributed by atoms with E-state index in [4.69, 9.17) is 5.14 Å². The van der Waals surface area contributed by atoms with E-state index in [1.165, 1.54) is 4.31 Å². The summed E-state index contributed by atoms with van der Waals surface area (Å²) < 4.78 is 23.3. The van der Waals surface area contributed by atoms with Crippen molar-refractivity contribution < 1.29 is 13.2 Å². The van der Waals surface area contributed by atoms with Gasteiger partial charge in [0.2, 0.25) is 0 Å². The SMILES string of the molecule is NS(=O)(=O)N1CCN(C(=O)NC2CC2)CC1. The number of urea groups is 1. The minimum atomic E-state index is -3.61. The Kier molecular flexibility index (Phi) is 3.04. The maximum atomic E-state index is 11.6. The monoisotopic (exact) mass is 248 g/mol. The minimum Gasteiger partial charge on any atom is -0.335 e. The fourth-order valence-corrected chi connectivity index (χ4v) is 2.31. The number of nitrogens with zero attached hydrogens (tertiary/aromatic N) is 2. The average molecular weight is 248 g/mol. The highest BCUT2D eigenvalue weighted by Crippen LogP contribution is 2.19. The summed E-state index contributed by atoms with van der Waals surface area (Å²) in [5.41, 5.74) is 0. The maximum absolute atomic E-state index is 11.6. The molecule has 8 heteroatoms. The van der Waals surface area contributed by atoms with Crippen LogP contribution in [0.5, 0.6) is 0 Å². The topological polar surface area (TPSA) is 95.7 Å². The highest BCUT2D eigenvalue weighted by atomic mass is 32.2. The summed E-state index contributed by atoms with van der Waals surface area (Å²) in [5, 5.41) is 7.87. The van der Waals surface area contributed by atoms with E-state index in [9.17, 15) is 13.2 Å². The van der Waals surface area contributed by atoms with Crippen LogP contribution in [0, 0.1) is 0 Å². The van der Waals surface area contributed by atoms with Crippen LogP contribution >= 0.6 is 0 Å². The summed E-state index contributed by atoms with van der Waals surface area (Å²) in [6.45, 7) is 1.35. The first-order valence-electron chi connectivity index (χ1n) is 5.30. The van der Waals surface area contributed by atoms with Gasteiger partial charge in [-0.2, -0.15) is 12.7 Å². The summed E-state index contributed by atoms with van der Waals surface area (Å²) in [6.07, 6.45) is 2.09. The molecule has 0 bridgehead atoms. The second kappa shape index (κ2) is 4.19. The molecule has 0 aromatic rings. The number of nitrogens with one attached hydrogen (secondary N) is 1. The number of piperazine rings is 1. The van der Waals surface area contributed by atoms with E-state index in [0.717, 1.165) is 12.8 Å². The number of amides is 2. The molecule has 0 radical (unpaired) electrons. The molecule has 7 nitrogen and oxygen atoms in total. The van der Waals surface area contributed by atoms with Crippen molar-refractivity contribution in [3.8, 4) is 0 Å². The quantitative estimate of drug-likeness (QED) is 0.634. The zero-order chi connectivity index (χ0) is 11.8. The first-order chi connectivity index (χ1) is 7.47. The fourth-order valence-electron chi connectivity index (χ4n) is 1.64. The van der Waals surface area contributed by atoms with Gasteiger partial charge in [-0.3, -0.25) is 0 Å². The fraction of sp³-hybridized carbons (Fsp3) is 0.875. The normalized spacial score (nSPS) is 23.2. The predicted octanol–water partition coefficient (Wildman–Crippen LogP) is -1.32. The number of carbonyl (C=O) groups is 1. The molecule has 2 rings (SSSR count). The van der Waals surface area contributed by atoms with Gasteiger partial charge in [0.15, 0.2) is 0 Å². The third kappa shape index (κ3) is 2.83. The first-order valence-corrected chi connectivity index (χ1v) is 6.80. The number of nitrogens with two attached hydrogens (primary N) is 1. The number of hydrogen-bond acceptors (Lipinski definition) is 3. The highest BCUT2D eigenvalue weighted by molar-refractivity contribution is 7.86. The van der Waals surface area contributed by atoms with Gasteiger partial charge in [-0.05, 0) is 12.8 Å². The molecular weight excluding hydrogens is 232 g/mol. The minimum absolute atomic E-state index is 0.100. The van der Waals surface area contributed by atoms with Crippen LogP contribution in [0.2, 0.25) is 0 Å². The summed E-state index contributed by atoms with van der Waals surface area (Å²) in [4.78, 5) is 13.2. The molecule has 3 N–H and O–H groups in total. The van der Waals surface area contributed by atoms with Gasteiger partial charge in [-0.1, -0.05) is 0 Å². The molecule has 1 saturated carbocycles. The Bertz CT molecular complexity index is 371. The summed E-state index contributed by atoms with van der Waals surface area (Å²) in [5.74, 6) is 0. The van der Waals surface area contributed by atoms with Crippen LogP contribution in [0.25, 0.3) is 0 Å². The van der Waals surface area contributed by atoms with E-state index < -0.39 is 10.2 Å². The van der Waals surface area contributed by atoms with Gasteiger partial charge in [0.25, 0.3) is 10.2 Å². The highest BCUT2D eigenvalue weighted by Gasteiger charge is 2.29. The Labute approximate surface area is 94.7 Å². The molecule has 0 aromatic carbocycles. The van der Waals surface area contributed by atoms with Gasteiger partial charge in [0.05, 0.1) is 0 Å². The molecule has 2 aliphatic rings. The van der Waals surface area contributed by atoms with Crippen molar-refractivity contribution in [3.63, 3.8) is 0 Å². The van der Waals surface area contributed by atoms with Crippen molar-refractivity contribution in [1.82, 2.24) is 14.5 Å². The smallest absolute Gasteiger partial charge is 0.317 e. The van der Waals surface area contributed by atoms with E-state index in [0.29, 0.717) is 19.1 Å². The van der Waals surface area contributed by atoms with Crippen LogP contribution in [-0.2, 0) is 10.2 Å². The van der Waals surface area contributed by atoms with Gasteiger partial charge >= 0.3 is 6.03 Å². The lowest BCUT2D eigenvalue weighted by Gasteiger charge is -2.32. The molecule has 0 aromatic heterocycles.